The van der Waals surface area contributed by atoms with Gasteiger partial charge in [0.2, 0.25) is 5.95 Å². The van der Waals surface area contributed by atoms with Crippen molar-refractivity contribution in [2.45, 2.75) is 6.18 Å². The standard InChI is InChI=1S/C15H11F3N4O/c16-15(17,18)9-5-1-2-6-10(9)21-14(23)22-13-19-11-7-3-4-8-12(11)20-13/h1-8H,(H3,19,20,21,22,23). The number of hydrogen-bond acceptors (Lipinski definition) is 2. The summed E-state index contributed by atoms with van der Waals surface area (Å²) in [4.78, 5) is 18.9. The molecule has 0 saturated carbocycles. The van der Waals surface area contributed by atoms with Gasteiger partial charge in [0.15, 0.2) is 0 Å². The van der Waals surface area contributed by atoms with Crippen molar-refractivity contribution in [3.8, 4) is 0 Å². The molecule has 0 radical (unpaired) electrons. The van der Waals surface area contributed by atoms with Crippen LogP contribution in [0, 0.1) is 0 Å². The molecule has 23 heavy (non-hydrogen) atoms. The van der Waals surface area contributed by atoms with E-state index in [-0.39, 0.29) is 11.6 Å². The summed E-state index contributed by atoms with van der Waals surface area (Å²) in [7, 11) is 0. The van der Waals surface area contributed by atoms with Crippen LogP contribution in [0.1, 0.15) is 5.56 Å². The Morgan fingerprint density at radius 2 is 1.70 bits per heavy atom. The smallest absolute Gasteiger partial charge is 0.324 e. The minimum absolute atomic E-state index is 0.146. The summed E-state index contributed by atoms with van der Waals surface area (Å²) >= 11 is 0. The van der Waals surface area contributed by atoms with E-state index in [1.165, 1.54) is 18.2 Å². The normalized spacial score (nSPS) is 11.4. The van der Waals surface area contributed by atoms with E-state index < -0.39 is 17.8 Å². The highest BCUT2D eigenvalue weighted by molar-refractivity contribution is 6.00. The third-order valence-corrected chi connectivity index (χ3v) is 3.10. The first-order valence-electron chi connectivity index (χ1n) is 6.62. The van der Waals surface area contributed by atoms with E-state index in [2.05, 4.69) is 20.6 Å². The van der Waals surface area contributed by atoms with Crippen molar-refractivity contribution in [2.24, 2.45) is 0 Å². The molecule has 2 aromatic carbocycles. The van der Waals surface area contributed by atoms with Crippen LogP contribution in [0.15, 0.2) is 48.5 Å². The van der Waals surface area contributed by atoms with Crippen molar-refractivity contribution in [1.29, 1.82) is 0 Å². The molecule has 0 unspecified atom stereocenters. The van der Waals surface area contributed by atoms with Gasteiger partial charge in [-0.1, -0.05) is 24.3 Å². The number of anilines is 2. The number of amides is 2. The molecule has 5 nitrogen and oxygen atoms in total. The van der Waals surface area contributed by atoms with Crippen LogP contribution < -0.4 is 10.6 Å². The van der Waals surface area contributed by atoms with Gasteiger partial charge < -0.3 is 10.3 Å². The molecule has 0 bridgehead atoms. The topological polar surface area (TPSA) is 69.8 Å². The number of halogens is 3. The number of carbonyl (C=O) groups is 1. The second-order valence-corrected chi connectivity index (χ2v) is 4.73. The van der Waals surface area contributed by atoms with Gasteiger partial charge in [-0.25, -0.2) is 9.78 Å². The molecule has 1 aromatic heterocycles. The lowest BCUT2D eigenvalue weighted by Crippen LogP contribution is -2.22. The van der Waals surface area contributed by atoms with Gasteiger partial charge in [0.05, 0.1) is 22.3 Å². The number of hydrogen-bond donors (Lipinski definition) is 3. The highest BCUT2D eigenvalue weighted by Crippen LogP contribution is 2.34. The first-order chi connectivity index (χ1) is 10.9. The van der Waals surface area contributed by atoms with Gasteiger partial charge in [-0.3, -0.25) is 5.32 Å². The van der Waals surface area contributed by atoms with Crippen LogP contribution in [0.25, 0.3) is 11.0 Å². The molecular weight excluding hydrogens is 309 g/mol. The zero-order valence-corrected chi connectivity index (χ0v) is 11.6. The molecular formula is C15H11F3N4O. The van der Waals surface area contributed by atoms with Gasteiger partial charge in [-0.15, -0.1) is 0 Å². The Labute approximate surface area is 128 Å². The summed E-state index contributed by atoms with van der Waals surface area (Å²) in [5.74, 6) is 0.146. The summed E-state index contributed by atoms with van der Waals surface area (Å²) in [6.07, 6.45) is -4.55. The zero-order chi connectivity index (χ0) is 16.4. The molecule has 0 aliphatic rings. The van der Waals surface area contributed by atoms with Crippen molar-refractivity contribution >= 4 is 28.7 Å². The van der Waals surface area contributed by atoms with Crippen LogP contribution in [-0.2, 0) is 6.18 Å². The van der Waals surface area contributed by atoms with E-state index in [4.69, 9.17) is 0 Å². The molecule has 3 N–H and O–H groups in total. The van der Waals surface area contributed by atoms with Gasteiger partial charge in [0, 0.05) is 0 Å². The number of benzene rings is 2. The van der Waals surface area contributed by atoms with Crippen molar-refractivity contribution in [3.05, 3.63) is 54.1 Å². The molecule has 0 fully saturated rings. The molecule has 3 rings (SSSR count). The van der Waals surface area contributed by atoms with Gasteiger partial charge in [-0.05, 0) is 24.3 Å². The highest BCUT2D eigenvalue weighted by Gasteiger charge is 2.33. The summed E-state index contributed by atoms with van der Waals surface area (Å²) in [5, 5.41) is 4.55. The minimum atomic E-state index is -4.55. The number of nitrogens with zero attached hydrogens (tertiary/aromatic N) is 1. The Morgan fingerprint density at radius 3 is 2.43 bits per heavy atom. The average Bonchev–Trinajstić information content (AvgIpc) is 2.88. The van der Waals surface area contributed by atoms with Crippen LogP contribution in [-0.4, -0.2) is 16.0 Å². The SMILES string of the molecule is O=C(Nc1nc2ccccc2[nH]1)Nc1ccccc1C(F)(F)F. The monoisotopic (exact) mass is 320 g/mol. The molecule has 8 heteroatoms. The average molecular weight is 320 g/mol. The van der Waals surface area contributed by atoms with Crippen LogP contribution in [0.4, 0.5) is 29.6 Å². The number of alkyl halides is 3. The number of nitrogens with one attached hydrogen (secondary N) is 3. The van der Waals surface area contributed by atoms with Crippen molar-refractivity contribution < 1.29 is 18.0 Å². The first kappa shape index (κ1) is 14.9. The van der Waals surface area contributed by atoms with E-state index in [0.717, 1.165) is 6.07 Å². The van der Waals surface area contributed by atoms with Gasteiger partial charge in [-0.2, -0.15) is 13.2 Å². The van der Waals surface area contributed by atoms with Crippen LogP contribution in [0.3, 0.4) is 0 Å². The number of carbonyl (C=O) groups excluding carboxylic acids is 1. The Kier molecular flexibility index (Phi) is 3.65. The van der Waals surface area contributed by atoms with E-state index in [9.17, 15) is 18.0 Å². The second-order valence-electron chi connectivity index (χ2n) is 4.73. The fourth-order valence-electron chi connectivity index (χ4n) is 2.11. The predicted molar refractivity (Wildman–Crippen MR) is 80.2 cm³/mol. The van der Waals surface area contributed by atoms with E-state index in [1.54, 1.807) is 24.3 Å². The maximum atomic E-state index is 12.9. The molecule has 0 aliphatic heterocycles. The number of H-pyrrole nitrogens is 1. The second kappa shape index (κ2) is 5.64. The highest BCUT2D eigenvalue weighted by atomic mass is 19.4. The molecule has 118 valence electrons. The van der Waals surface area contributed by atoms with Gasteiger partial charge >= 0.3 is 12.2 Å². The molecule has 0 atom stereocenters. The Morgan fingerprint density at radius 1 is 1.00 bits per heavy atom. The number of rotatable bonds is 2. The van der Waals surface area contributed by atoms with E-state index in [0.29, 0.717) is 11.0 Å². The number of fused-ring (bicyclic) bond motifs is 1. The quantitative estimate of drug-likeness (QED) is 0.661. The van der Waals surface area contributed by atoms with Crippen LogP contribution in [0.5, 0.6) is 0 Å². The summed E-state index contributed by atoms with van der Waals surface area (Å²) in [6, 6.07) is 11.0. The molecule has 1 heterocycles. The molecule has 3 aromatic rings. The summed E-state index contributed by atoms with van der Waals surface area (Å²) in [6.45, 7) is 0. The van der Waals surface area contributed by atoms with E-state index in [1.807, 2.05) is 0 Å². The lowest BCUT2D eigenvalue weighted by atomic mass is 10.1. The number of para-hydroxylation sites is 3. The molecule has 0 saturated heterocycles. The third-order valence-electron chi connectivity index (χ3n) is 3.10. The van der Waals surface area contributed by atoms with Crippen LogP contribution >= 0.6 is 0 Å². The minimum Gasteiger partial charge on any atom is -0.324 e. The first-order valence-corrected chi connectivity index (χ1v) is 6.62. The largest absolute Gasteiger partial charge is 0.418 e. The van der Waals surface area contributed by atoms with Crippen LogP contribution in [0.2, 0.25) is 0 Å². The maximum absolute atomic E-state index is 12.9. The van der Waals surface area contributed by atoms with Crippen molar-refractivity contribution in [2.75, 3.05) is 10.6 Å². The van der Waals surface area contributed by atoms with Crippen molar-refractivity contribution in [3.63, 3.8) is 0 Å². The number of aromatic nitrogens is 2. The zero-order valence-electron chi connectivity index (χ0n) is 11.6. The third kappa shape index (κ3) is 3.25. The summed E-state index contributed by atoms with van der Waals surface area (Å²) < 4.78 is 38.6. The lowest BCUT2D eigenvalue weighted by Gasteiger charge is -2.13. The molecule has 0 aliphatic carbocycles. The maximum Gasteiger partial charge on any atom is 0.418 e. The molecule has 2 amide bonds. The van der Waals surface area contributed by atoms with E-state index >= 15 is 0 Å². The number of urea groups is 1. The Balaban J connectivity index is 1.77. The fraction of sp³-hybridized carbons (Fsp3) is 0.0667. The number of imidazole rings is 1. The molecule has 0 spiro atoms. The lowest BCUT2D eigenvalue weighted by molar-refractivity contribution is -0.136. The predicted octanol–water partition coefficient (Wildman–Crippen LogP) is 4.23. The van der Waals surface area contributed by atoms with Crippen molar-refractivity contribution in [1.82, 2.24) is 9.97 Å². The Hall–Kier alpha value is -3.03. The Bertz CT molecular complexity index is 824. The summed E-state index contributed by atoms with van der Waals surface area (Å²) in [5.41, 5.74) is 0.102. The van der Waals surface area contributed by atoms with Gasteiger partial charge in [0.25, 0.3) is 0 Å². The fourth-order valence-corrected chi connectivity index (χ4v) is 2.11. The number of aromatic amines is 1. The van der Waals surface area contributed by atoms with Gasteiger partial charge in [0.1, 0.15) is 0 Å².